The quantitative estimate of drug-likeness (QED) is 0.573. The Kier molecular flexibility index (Phi) is 8.95. The van der Waals surface area contributed by atoms with Crippen LogP contribution in [0, 0.1) is 0 Å². The van der Waals surface area contributed by atoms with E-state index in [-0.39, 0.29) is 23.5 Å². The molecule has 0 bridgehead atoms. The normalized spacial score (nSPS) is 18.1. The number of amides is 1. The molecule has 0 spiro atoms. The summed E-state index contributed by atoms with van der Waals surface area (Å²) in [6.07, 6.45) is 9.36. The maximum Gasteiger partial charge on any atom is 0.260 e. The SMILES string of the molecule is O=C(COc1ccc(S(=O)(=O)NC2CCCCC2)cc1)N1CCN(C/C=C/c2ccccc2)CC1. The number of benzene rings is 2. The molecule has 2 aromatic carbocycles. The molecule has 1 saturated heterocycles. The highest BCUT2D eigenvalue weighted by Crippen LogP contribution is 2.21. The van der Waals surface area contributed by atoms with Crippen LogP contribution < -0.4 is 9.46 Å². The van der Waals surface area contributed by atoms with Crippen molar-refractivity contribution in [2.45, 2.75) is 43.0 Å². The van der Waals surface area contributed by atoms with E-state index in [2.05, 4.69) is 33.9 Å². The van der Waals surface area contributed by atoms with Crippen LogP contribution in [0.3, 0.4) is 0 Å². The predicted molar refractivity (Wildman–Crippen MR) is 138 cm³/mol. The fourth-order valence-electron chi connectivity index (χ4n) is 4.54. The van der Waals surface area contributed by atoms with Gasteiger partial charge in [-0.25, -0.2) is 13.1 Å². The van der Waals surface area contributed by atoms with Crippen LogP contribution in [0.1, 0.15) is 37.7 Å². The maximum absolute atomic E-state index is 12.6. The maximum atomic E-state index is 12.6. The molecule has 1 amide bonds. The van der Waals surface area contributed by atoms with Gasteiger partial charge in [0.25, 0.3) is 5.91 Å². The van der Waals surface area contributed by atoms with Crippen molar-refractivity contribution in [1.29, 1.82) is 0 Å². The molecule has 188 valence electrons. The molecule has 8 heteroatoms. The average molecular weight is 498 g/mol. The Labute approximate surface area is 208 Å². The van der Waals surface area contributed by atoms with Gasteiger partial charge in [-0.3, -0.25) is 9.69 Å². The van der Waals surface area contributed by atoms with E-state index in [1.54, 1.807) is 12.1 Å². The van der Waals surface area contributed by atoms with Gasteiger partial charge in [0.1, 0.15) is 5.75 Å². The van der Waals surface area contributed by atoms with E-state index >= 15 is 0 Å². The third kappa shape index (κ3) is 7.65. The summed E-state index contributed by atoms with van der Waals surface area (Å²) in [5.74, 6) is 0.430. The molecular weight excluding hydrogens is 462 g/mol. The van der Waals surface area contributed by atoms with Crippen molar-refractivity contribution in [2.24, 2.45) is 0 Å². The summed E-state index contributed by atoms with van der Waals surface area (Å²) in [7, 11) is -3.54. The molecule has 1 aliphatic carbocycles. The zero-order valence-electron chi connectivity index (χ0n) is 20.1. The van der Waals surface area contributed by atoms with Crippen molar-refractivity contribution in [3.8, 4) is 5.75 Å². The van der Waals surface area contributed by atoms with E-state index < -0.39 is 10.0 Å². The van der Waals surface area contributed by atoms with Crippen LogP contribution in [0.4, 0.5) is 0 Å². The monoisotopic (exact) mass is 497 g/mol. The lowest BCUT2D eigenvalue weighted by Crippen LogP contribution is -2.49. The highest BCUT2D eigenvalue weighted by atomic mass is 32.2. The van der Waals surface area contributed by atoms with Gasteiger partial charge >= 0.3 is 0 Å². The Morgan fingerprint density at radius 2 is 1.63 bits per heavy atom. The minimum Gasteiger partial charge on any atom is -0.484 e. The fraction of sp³-hybridized carbons (Fsp3) is 0.444. The van der Waals surface area contributed by atoms with Crippen molar-refractivity contribution in [1.82, 2.24) is 14.5 Å². The number of ether oxygens (including phenoxy) is 1. The first-order valence-corrected chi connectivity index (χ1v) is 13.9. The van der Waals surface area contributed by atoms with Crippen LogP contribution >= 0.6 is 0 Å². The average Bonchev–Trinajstić information content (AvgIpc) is 2.89. The van der Waals surface area contributed by atoms with Gasteiger partial charge < -0.3 is 9.64 Å². The van der Waals surface area contributed by atoms with Gasteiger partial charge in [-0.1, -0.05) is 61.7 Å². The molecule has 2 aromatic rings. The molecule has 0 aromatic heterocycles. The Morgan fingerprint density at radius 3 is 2.31 bits per heavy atom. The highest BCUT2D eigenvalue weighted by molar-refractivity contribution is 7.89. The third-order valence-electron chi connectivity index (χ3n) is 6.62. The lowest BCUT2D eigenvalue weighted by molar-refractivity contribution is -0.135. The minimum atomic E-state index is -3.54. The molecule has 1 aliphatic heterocycles. The molecule has 2 aliphatic rings. The van der Waals surface area contributed by atoms with E-state index in [1.807, 2.05) is 23.1 Å². The summed E-state index contributed by atoms with van der Waals surface area (Å²) in [6.45, 7) is 3.80. The molecule has 35 heavy (non-hydrogen) atoms. The van der Waals surface area contributed by atoms with Crippen LogP contribution in [-0.4, -0.2) is 69.5 Å². The van der Waals surface area contributed by atoms with Crippen molar-refractivity contribution in [3.05, 3.63) is 66.2 Å². The van der Waals surface area contributed by atoms with Crippen LogP contribution in [0.15, 0.2) is 65.6 Å². The van der Waals surface area contributed by atoms with Gasteiger partial charge in [0, 0.05) is 38.8 Å². The van der Waals surface area contributed by atoms with Gasteiger partial charge in [-0.2, -0.15) is 0 Å². The third-order valence-corrected chi connectivity index (χ3v) is 8.16. The second-order valence-electron chi connectivity index (χ2n) is 9.21. The van der Waals surface area contributed by atoms with Gasteiger partial charge in [0.15, 0.2) is 6.61 Å². The van der Waals surface area contributed by atoms with E-state index in [0.29, 0.717) is 18.8 Å². The second-order valence-corrected chi connectivity index (χ2v) is 10.9. The Bertz CT molecular complexity index is 1070. The lowest BCUT2D eigenvalue weighted by atomic mass is 9.96. The Balaban J connectivity index is 1.18. The molecule has 0 radical (unpaired) electrons. The summed E-state index contributed by atoms with van der Waals surface area (Å²) in [5.41, 5.74) is 1.18. The number of nitrogens with one attached hydrogen (secondary N) is 1. The number of sulfonamides is 1. The Hall–Kier alpha value is -2.68. The number of carbonyl (C=O) groups excluding carboxylic acids is 1. The molecule has 0 unspecified atom stereocenters. The van der Waals surface area contributed by atoms with E-state index in [0.717, 1.165) is 45.3 Å². The second kappa shape index (κ2) is 12.3. The van der Waals surface area contributed by atoms with Crippen molar-refractivity contribution < 1.29 is 17.9 Å². The number of nitrogens with zero attached hydrogens (tertiary/aromatic N) is 2. The van der Waals surface area contributed by atoms with Gasteiger partial charge in [0.2, 0.25) is 10.0 Å². The first kappa shape index (κ1) is 25.4. The van der Waals surface area contributed by atoms with Crippen molar-refractivity contribution in [3.63, 3.8) is 0 Å². The molecule has 4 rings (SSSR count). The predicted octanol–water partition coefficient (Wildman–Crippen LogP) is 3.53. The fourth-order valence-corrected chi connectivity index (χ4v) is 5.85. The van der Waals surface area contributed by atoms with E-state index in [1.165, 1.54) is 24.1 Å². The van der Waals surface area contributed by atoms with Gasteiger partial charge in [-0.15, -0.1) is 0 Å². The lowest BCUT2D eigenvalue weighted by Gasteiger charge is -2.34. The van der Waals surface area contributed by atoms with Gasteiger partial charge in [0.05, 0.1) is 4.90 Å². The van der Waals surface area contributed by atoms with Crippen LogP contribution in [0.5, 0.6) is 5.75 Å². The smallest absolute Gasteiger partial charge is 0.260 e. The first-order chi connectivity index (χ1) is 17.0. The van der Waals surface area contributed by atoms with E-state index in [9.17, 15) is 13.2 Å². The highest BCUT2D eigenvalue weighted by Gasteiger charge is 2.23. The van der Waals surface area contributed by atoms with Gasteiger partial charge in [-0.05, 0) is 42.7 Å². The summed E-state index contributed by atoms with van der Waals surface area (Å²) in [4.78, 5) is 17.0. The van der Waals surface area contributed by atoms with E-state index in [4.69, 9.17) is 4.74 Å². The number of carbonyl (C=O) groups is 1. The molecule has 2 fully saturated rings. The molecule has 1 N–H and O–H groups in total. The minimum absolute atomic E-state index is 0.0163. The molecule has 1 heterocycles. The molecule has 0 atom stereocenters. The zero-order valence-corrected chi connectivity index (χ0v) is 21.0. The molecular formula is C27H35N3O4S. The van der Waals surface area contributed by atoms with Crippen molar-refractivity contribution in [2.75, 3.05) is 39.3 Å². The number of hydrogen-bond acceptors (Lipinski definition) is 5. The Morgan fingerprint density at radius 1 is 0.943 bits per heavy atom. The van der Waals surface area contributed by atoms with Crippen LogP contribution in [0.2, 0.25) is 0 Å². The number of piperazine rings is 1. The standard InChI is InChI=1S/C27H35N3O4S/c31-27(30-20-18-29(19-21-30)17-7-10-23-8-3-1-4-9-23)22-34-25-13-15-26(16-14-25)35(32,33)28-24-11-5-2-6-12-24/h1,3-4,7-10,13-16,24,28H,2,5-6,11-12,17-22H2/b10-7+. The van der Waals surface area contributed by atoms with Crippen molar-refractivity contribution >= 4 is 22.0 Å². The molecule has 7 nitrogen and oxygen atoms in total. The largest absolute Gasteiger partial charge is 0.484 e. The molecule has 1 saturated carbocycles. The summed E-state index contributed by atoms with van der Waals surface area (Å²) in [6, 6.07) is 16.5. The summed E-state index contributed by atoms with van der Waals surface area (Å²) < 4.78 is 33.7. The van der Waals surface area contributed by atoms with Crippen LogP contribution in [0.25, 0.3) is 6.08 Å². The topological polar surface area (TPSA) is 78.9 Å². The number of rotatable bonds is 9. The van der Waals surface area contributed by atoms with Crippen LogP contribution in [-0.2, 0) is 14.8 Å². The number of hydrogen-bond donors (Lipinski definition) is 1. The first-order valence-electron chi connectivity index (χ1n) is 12.5. The summed E-state index contributed by atoms with van der Waals surface area (Å²) in [5, 5.41) is 0. The summed E-state index contributed by atoms with van der Waals surface area (Å²) >= 11 is 0. The zero-order chi connectivity index (χ0) is 24.5.